The number of rotatable bonds is 7. The van der Waals surface area contributed by atoms with Crippen LogP contribution in [0.1, 0.15) is 6.42 Å². The first-order valence-corrected chi connectivity index (χ1v) is 9.99. The summed E-state index contributed by atoms with van der Waals surface area (Å²) in [7, 11) is 4.65. The molecule has 0 spiro atoms. The standard InChI is InChI=1S/C19H26N4O4S/c1-25-15-11-14(12-16(26-2)18(15)27-3)21-17(24)13-22-6-4-7-23(9-8-22)19-20-5-10-28-19/h5,10-12H,4,6-9,13H2,1-3H3,(H,21,24). The molecule has 0 atom stereocenters. The molecule has 9 heteroatoms. The van der Waals surface area contributed by atoms with E-state index in [0.29, 0.717) is 29.5 Å². The normalized spacial score (nSPS) is 15.0. The van der Waals surface area contributed by atoms with Crippen molar-refractivity contribution in [2.45, 2.75) is 6.42 Å². The van der Waals surface area contributed by atoms with Gasteiger partial charge in [0.2, 0.25) is 11.7 Å². The van der Waals surface area contributed by atoms with Crippen LogP contribution < -0.4 is 24.4 Å². The number of nitrogens with one attached hydrogen (secondary N) is 1. The lowest BCUT2D eigenvalue weighted by Crippen LogP contribution is -2.36. The van der Waals surface area contributed by atoms with Crippen LogP contribution in [0.25, 0.3) is 0 Å². The van der Waals surface area contributed by atoms with Crippen molar-refractivity contribution in [2.24, 2.45) is 0 Å². The van der Waals surface area contributed by atoms with Gasteiger partial charge in [0, 0.05) is 55.6 Å². The van der Waals surface area contributed by atoms with Crippen molar-refractivity contribution in [1.82, 2.24) is 9.88 Å². The number of aromatic nitrogens is 1. The maximum Gasteiger partial charge on any atom is 0.238 e. The minimum absolute atomic E-state index is 0.0722. The van der Waals surface area contributed by atoms with E-state index < -0.39 is 0 Å². The highest BCUT2D eigenvalue weighted by Crippen LogP contribution is 2.39. The average Bonchev–Trinajstić information content (AvgIpc) is 3.14. The molecule has 0 bridgehead atoms. The highest BCUT2D eigenvalue weighted by Gasteiger charge is 2.19. The Kier molecular flexibility index (Phi) is 6.94. The van der Waals surface area contributed by atoms with Crippen LogP contribution in [0.3, 0.4) is 0 Å². The molecule has 28 heavy (non-hydrogen) atoms. The molecule has 1 N–H and O–H groups in total. The molecular formula is C19H26N4O4S. The van der Waals surface area contributed by atoms with Gasteiger partial charge in [-0.15, -0.1) is 11.3 Å². The van der Waals surface area contributed by atoms with Crippen molar-refractivity contribution in [2.75, 3.05) is 64.3 Å². The summed E-state index contributed by atoms with van der Waals surface area (Å²) in [5.74, 6) is 1.44. The van der Waals surface area contributed by atoms with Crippen LogP contribution in [0, 0.1) is 0 Å². The largest absolute Gasteiger partial charge is 0.493 e. The molecule has 0 aliphatic carbocycles. The number of hydrogen-bond acceptors (Lipinski definition) is 8. The molecule has 0 unspecified atom stereocenters. The number of carbonyl (C=O) groups excluding carboxylic acids is 1. The van der Waals surface area contributed by atoms with Crippen LogP contribution in [-0.4, -0.2) is 69.8 Å². The van der Waals surface area contributed by atoms with E-state index in [1.54, 1.807) is 44.8 Å². The van der Waals surface area contributed by atoms with Crippen LogP contribution in [0.15, 0.2) is 23.7 Å². The van der Waals surface area contributed by atoms with Gasteiger partial charge in [-0.2, -0.15) is 0 Å². The van der Waals surface area contributed by atoms with E-state index in [1.807, 2.05) is 11.6 Å². The third-order valence-electron chi connectivity index (χ3n) is 4.59. The summed E-state index contributed by atoms with van der Waals surface area (Å²) in [4.78, 5) is 21.4. The molecular weight excluding hydrogens is 380 g/mol. The highest BCUT2D eigenvalue weighted by atomic mass is 32.1. The molecule has 1 aromatic carbocycles. The van der Waals surface area contributed by atoms with E-state index in [9.17, 15) is 4.79 Å². The van der Waals surface area contributed by atoms with Gasteiger partial charge >= 0.3 is 0 Å². The molecule has 1 saturated heterocycles. The van der Waals surface area contributed by atoms with Crippen molar-refractivity contribution in [3.8, 4) is 17.2 Å². The van der Waals surface area contributed by atoms with Crippen LogP contribution in [0.5, 0.6) is 17.2 Å². The average molecular weight is 407 g/mol. The lowest BCUT2D eigenvalue weighted by molar-refractivity contribution is -0.117. The second-order valence-corrected chi connectivity index (χ2v) is 7.27. The summed E-state index contributed by atoms with van der Waals surface area (Å²) in [5, 5.41) is 5.96. The van der Waals surface area contributed by atoms with Gasteiger partial charge in [-0.3, -0.25) is 9.69 Å². The Hall–Kier alpha value is -2.52. The number of hydrogen-bond donors (Lipinski definition) is 1. The number of carbonyl (C=O) groups is 1. The minimum atomic E-state index is -0.0722. The fraction of sp³-hybridized carbons (Fsp3) is 0.474. The van der Waals surface area contributed by atoms with Gasteiger partial charge in [0.15, 0.2) is 16.6 Å². The van der Waals surface area contributed by atoms with Crippen LogP contribution in [-0.2, 0) is 4.79 Å². The Morgan fingerprint density at radius 3 is 2.46 bits per heavy atom. The molecule has 1 aliphatic rings. The quantitative estimate of drug-likeness (QED) is 0.756. The third kappa shape index (κ3) is 4.85. The molecule has 8 nitrogen and oxygen atoms in total. The predicted molar refractivity (Wildman–Crippen MR) is 110 cm³/mol. The van der Waals surface area contributed by atoms with Gasteiger partial charge in [0.05, 0.1) is 27.9 Å². The first kappa shape index (κ1) is 20.2. The molecule has 0 saturated carbocycles. The topological polar surface area (TPSA) is 76.2 Å². The lowest BCUT2D eigenvalue weighted by Gasteiger charge is -2.21. The van der Waals surface area contributed by atoms with Crippen LogP contribution in [0.4, 0.5) is 10.8 Å². The zero-order valence-electron chi connectivity index (χ0n) is 16.4. The van der Waals surface area contributed by atoms with Crippen molar-refractivity contribution in [3.63, 3.8) is 0 Å². The fourth-order valence-electron chi connectivity index (χ4n) is 3.25. The minimum Gasteiger partial charge on any atom is -0.493 e. The molecule has 1 aliphatic heterocycles. The van der Waals surface area contributed by atoms with Gasteiger partial charge in [0.1, 0.15) is 0 Å². The zero-order valence-corrected chi connectivity index (χ0v) is 17.3. The number of thiazole rings is 1. The zero-order chi connectivity index (χ0) is 19.9. The summed E-state index contributed by atoms with van der Waals surface area (Å²) >= 11 is 1.65. The molecule has 2 aromatic rings. The highest BCUT2D eigenvalue weighted by molar-refractivity contribution is 7.13. The van der Waals surface area contributed by atoms with Crippen molar-refractivity contribution < 1.29 is 19.0 Å². The fourth-order valence-corrected chi connectivity index (χ4v) is 3.95. The number of amides is 1. The van der Waals surface area contributed by atoms with Crippen molar-refractivity contribution >= 4 is 28.1 Å². The molecule has 2 heterocycles. The van der Waals surface area contributed by atoms with E-state index in [2.05, 4.69) is 20.1 Å². The van der Waals surface area contributed by atoms with Gasteiger partial charge in [-0.25, -0.2) is 4.98 Å². The Morgan fingerprint density at radius 2 is 1.86 bits per heavy atom. The Bertz CT molecular complexity index is 759. The Balaban J connectivity index is 1.59. The van der Waals surface area contributed by atoms with Crippen molar-refractivity contribution in [3.05, 3.63) is 23.7 Å². The molecule has 0 radical (unpaired) electrons. The van der Waals surface area contributed by atoms with Crippen LogP contribution >= 0.6 is 11.3 Å². The van der Waals surface area contributed by atoms with E-state index in [4.69, 9.17) is 14.2 Å². The molecule has 1 fully saturated rings. The summed E-state index contributed by atoms with van der Waals surface area (Å²) in [6, 6.07) is 3.46. The molecule has 1 aromatic heterocycles. The van der Waals surface area contributed by atoms with Crippen molar-refractivity contribution in [1.29, 1.82) is 0 Å². The summed E-state index contributed by atoms with van der Waals surface area (Å²) in [6.45, 7) is 3.86. The Labute approximate surface area is 169 Å². The predicted octanol–water partition coefficient (Wildman–Crippen LogP) is 2.32. The Morgan fingerprint density at radius 1 is 1.11 bits per heavy atom. The van der Waals surface area contributed by atoms with Gasteiger partial charge < -0.3 is 24.4 Å². The number of anilines is 2. The van der Waals surface area contributed by atoms with E-state index in [0.717, 1.165) is 37.7 Å². The second-order valence-electron chi connectivity index (χ2n) is 6.39. The molecule has 3 rings (SSSR count). The summed E-state index contributed by atoms with van der Waals surface area (Å²) in [5.41, 5.74) is 0.610. The third-order valence-corrected chi connectivity index (χ3v) is 5.43. The molecule has 1 amide bonds. The summed E-state index contributed by atoms with van der Waals surface area (Å²) in [6.07, 6.45) is 2.82. The van der Waals surface area contributed by atoms with Gasteiger partial charge in [0.25, 0.3) is 0 Å². The monoisotopic (exact) mass is 406 g/mol. The van der Waals surface area contributed by atoms with Gasteiger partial charge in [-0.1, -0.05) is 0 Å². The SMILES string of the molecule is COc1cc(NC(=O)CN2CCCN(c3nccs3)CC2)cc(OC)c1OC. The number of methoxy groups -OCH3 is 3. The first-order valence-electron chi connectivity index (χ1n) is 9.11. The maximum absolute atomic E-state index is 12.6. The van der Waals surface area contributed by atoms with Crippen LogP contribution in [0.2, 0.25) is 0 Å². The van der Waals surface area contributed by atoms with Gasteiger partial charge in [-0.05, 0) is 6.42 Å². The molecule has 152 valence electrons. The smallest absolute Gasteiger partial charge is 0.238 e. The second kappa shape index (κ2) is 9.61. The number of nitrogens with zero attached hydrogens (tertiary/aromatic N) is 3. The number of benzene rings is 1. The lowest BCUT2D eigenvalue weighted by atomic mass is 10.2. The van der Waals surface area contributed by atoms with E-state index in [-0.39, 0.29) is 5.91 Å². The first-order chi connectivity index (χ1) is 13.6. The van der Waals surface area contributed by atoms with E-state index >= 15 is 0 Å². The maximum atomic E-state index is 12.6. The number of ether oxygens (including phenoxy) is 3. The van der Waals surface area contributed by atoms with E-state index in [1.165, 1.54) is 0 Å². The summed E-state index contributed by atoms with van der Waals surface area (Å²) < 4.78 is 16.0.